The number of carbonyl (C=O) groups excluding carboxylic acids is 1. The lowest BCUT2D eigenvalue weighted by Gasteiger charge is -2.20. The highest BCUT2D eigenvalue weighted by Crippen LogP contribution is 2.33. The predicted molar refractivity (Wildman–Crippen MR) is 105 cm³/mol. The second-order valence-corrected chi connectivity index (χ2v) is 7.11. The van der Waals surface area contributed by atoms with E-state index in [4.69, 9.17) is 5.10 Å². The average Bonchev–Trinajstić information content (AvgIpc) is 3.39. The van der Waals surface area contributed by atoms with Gasteiger partial charge in [0, 0.05) is 49.5 Å². The van der Waals surface area contributed by atoms with Crippen molar-refractivity contribution in [3.05, 3.63) is 78.0 Å². The number of benzene rings is 1. The Bertz CT molecular complexity index is 1170. The van der Waals surface area contributed by atoms with E-state index < -0.39 is 0 Å². The van der Waals surface area contributed by atoms with Crippen LogP contribution in [0.4, 0.5) is 0 Å². The molecule has 0 saturated carbocycles. The molecule has 0 saturated heterocycles. The van der Waals surface area contributed by atoms with E-state index in [0.29, 0.717) is 18.8 Å². The van der Waals surface area contributed by atoms with Gasteiger partial charge in [-0.25, -0.2) is 4.68 Å². The van der Waals surface area contributed by atoms with Gasteiger partial charge in [-0.2, -0.15) is 10.2 Å². The number of amides is 1. The number of aromatic nitrogens is 5. The van der Waals surface area contributed by atoms with Gasteiger partial charge in [0.05, 0.1) is 24.5 Å². The molecule has 0 bridgehead atoms. The summed E-state index contributed by atoms with van der Waals surface area (Å²) in [7, 11) is 3.82. The summed E-state index contributed by atoms with van der Waals surface area (Å²) in [5, 5.41) is 9.14. The van der Waals surface area contributed by atoms with Crippen molar-refractivity contribution in [1.82, 2.24) is 29.0 Å². The molecular weight excluding hydrogens is 352 g/mol. The zero-order valence-corrected chi connectivity index (χ0v) is 15.8. The number of fused-ring (bicyclic) bond motifs is 3. The van der Waals surface area contributed by atoms with Crippen LogP contribution >= 0.6 is 0 Å². The predicted octanol–water partition coefficient (Wildman–Crippen LogP) is 2.77. The fourth-order valence-corrected chi connectivity index (χ4v) is 3.72. The van der Waals surface area contributed by atoms with Crippen LogP contribution in [-0.4, -0.2) is 34.9 Å². The van der Waals surface area contributed by atoms with Crippen LogP contribution in [0.25, 0.3) is 16.9 Å². The molecule has 3 aromatic heterocycles. The molecule has 5 rings (SSSR count). The topological polar surface area (TPSA) is 60.9 Å². The van der Waals surface area contributed by atoms with Crippen molar-refractivity contribution in [3.63, 3.8) is 0 Å². The quantitative estimate of drug-likeness (QED) is 0.544. The molecule has 140 valence electrons. The summed E-state index contributed by atoms with van der Waals surface area (Å²) in [6, 6.07) is 13.9. The van der Waals surface area contributed by atoms with E-state index in [9.17, 15) is 4.79 Å². The zero-order valence-electron chi connectivity index (χ0n) is 15.8. The highest BCUT2D eigenvalue weighted by Gasteiger charge is 2.28. The van der Waals surface area contributed by atoms with Crippen LogP contribution in [0.1, 0.15) is 21.7 Å². The summed E-state index contributed by atoms with van der Waals surface area (Å²) >= 11 is 0. The lowest BCUT2D eigenvalue weighted by molar-refractivity contribution is 0.0722. The maximum atomic E-state index is 13.1. The summed E-state index contributed by atoms with van der Waals surface area (Å²) in [4.78, 5) is 14.9. The Hall–Kier alpha value is -3.61. The largest absolute Gasteiger partial charge is 0.352 e. The van der Waals surface area contributed by atoms with Crippen molar-refractivity contribution in [1.29, 1.82) is 0 Å². The first-order valence-electron chi connectivity index (χ1n) is 9.17. The van der Waals surface area contributed by atoms with E-state index in [1.165, 1.54) is 0 Å². The van der Waals surface area contributed by atoms with Gasteiger partial charge in [-0.3, -0.25) is 9.48 Å². The molecule has 4 heterocycles. The van der Waals surface area contributed by atoms with Crippen molar-refractivity contribution in [2.45, 2.75) is 13.1 Å². The number of hydrogen-bond donors (Lipinski definition) is 0. The molecule has 28 heavy (non-hydrogen) atoms. The lowest BCUT2D eigenvalue weighted by atomic mass is 10.1. The van der Waals surface area contributed by atoms with Gasteiger partial charge < -0.3 is 9.47 Å². The number of nitrogens with zero attached hydrogens (tertiary/aromatic N) is 6. The van der Waals surface area contributed by atoms with E-state index in [1.54, 1.807) is 16.9 Å². The van der Waals surface area contributed by atoms with E-state index in [1.807, 2.05) is 66.4 Å². The molecule has 1 aliphatic heterocycles. The second-order valence-electron chi connectivity index (χ2n) is 7.11. The van der Waals surface area contributed by atoms with Crippen LogP contribution in [0.2, 0.25) is 0 Å². The number of carbonyl (C=O) groups is 1. The normalized spacial score (nSPS) is 13.1. The molecule has 1 aliphatic rings. The molecule has 7 heteroatoms. The summed E-state index contributed by atoms with van der Waals surface area (Å²) in [6.45, 7) is 1.02. The molecule has 0 fully saturated rings. The first kappa shape index (κ1) is 16.6. The third-order valence-electron chi connectivity index (χ3n) is 5.19. The molecule has 0 spiro atoms. The van der Waals surface area contributed by atoms with E-state index in [0.717, 1.165) is 28.2 Å². The SMILES string of the molecule is Cn1ccc(C(=O)N2Cc3cn(-c4ccccc4)nc3-c3ccn(C)c3C2)n1. The third kappa shape index (κ3) is 2.63. The van der Waals surface area contributed by atoms with Gasteiger partial charge >= 0.3 is 0 Å². The molecule has 0 aliphatic carbocycles. The van der Waals surface area contributed by atoms with E-state index >= 15 is 0 Å². The minimum absolute atomic E-state index is 0.0759. The van der Waals surface area contributed by atoms with Crippen molar-refractivity contribution < 1.29 is 4.79 Å². The van der Waals surface area contributed by atoms with Crippen molar-refractivity contribution in [3.8, 4) is 16.9 Å². The lowest BCUT2D eigenvalue weighted by Crippen LogP contribution is -2.30. The van der Waals surface area contributed by atoms with Gasteiger partial charge in [0.15, 0.2) is 0 Å². The van der Waals surface area contributed by atoms with Crippen LogP contribution < -0.4 is 0 Å². The molecular formula is C21H20N6O. The molecule has 0 N–H and O–H groups in total. The summed E-state index contributed by atoms with van der Waals surface area (Å²) in [5.74, 6) is -0.0759. The number of rotatable bonds is 2. The van der Waals surface area contributed by atoms with Gasteiger partial charge in [0.25, 0.3) is 5.91 Å². The molecule has 0 atom stereocenters. The Balaban J connectivity index is 1.61. The zero-order chi connectivity index (χ0) is 19.3. The third-order valence-corrected chi connectivity index (χ3v) is 5.19. The summed E-state index contributed by atoms with van der Waals surface area (Å²) in [5.41, 5.74) is 5.55. The molecule has 1 aromatic carbocycles. The second kappa shape index (κ2) is 6.23. The minimum atomic E-state index is -0.0759. The average molecular weight is 372 g/mol. The standard InChI is InChI=1S/C21H20N6O/c1-24-10-8-17-19(24)14-26(21(28)18-9-11-25(2)22-18)12-15-13-27(23-20(15)17)16-6-4-3-5-7-16/h3-11,13H,12,14H2,1-2H3. The minimum Gasteiger partial charge on any atom is -0.352 e. The Morgan fingerprint density at radius 3 is 2.54 bits per heavy atom. The van der Waals surface area contributed by atoms with Gasteiger partial charge in [-0.1, -0.05) is 18.2 Å². The number of hydrogen-bond acceptors (Lipinski definition) is 3. The smallest absolute Gasteiger partial charge is 0.275 e. The first-order chi connectivity index (χ1) is 13.6. The monoisotopic (exact) mass is 372 g/mol. The molecule has 7 nitrogen and oxygen atoms in total. The molecule has 1 amide bonds. The van der Waals surface area contributed by atoms with Crippen molar-refractivity contribution in [2.24, 2.45) is 14.1 Å². The van der Waals surface area contributed by atoms with Crippen molar-refractivity contribution in [2.75, 3.05) is 0 Å². The summed E-state index contributed by atoms with van der Waals surface area (Å²) in [6.07, 6.45) is 5.83. The highest BCUT2D eigenvalue weighted by atomic mass is 16.2. The Morgan fingerprint density at radius 2 is 1.79 bits per heavy atom. The number of para-hydroxylation sites is 1. The highest BCUT2D eigenvalue weighted by molar-refractivity contribution is 5.92. The van der Waals surface area contributed by atoms with Crippen LogP contribution in [-0.2, 0) is 27.2 Å². The van der Waals surface area contributed by atoms with Crippen LogP contribution in [0.3, 0.4) is 0 Å². The fraction of sp³-hybridized carbons (Fsp3) is 0.190. The van der Waals surface area contributed by atoms with Crippen molar-refractivity contribution >= 4 is 5.91 Å². The Labute approximate surface area is 162 Å². The fourth-order valence-electron chi connectivity index (χ4n) is 3.72. The Kier molecular flexibility index (Phi) is 3.68. The van der Waals surface area contributed by atoms with Crippen LogP contribution in [0, 0.1) is 0 Å². The van der Waals surface area contributed by atoms with E-state index in [2.05, 4.69) is 15.7 Å². The molecule has 4 aromatic rings. The molecule has 0 radical (unpaired) electrons. The Morgan fingerprint density at radius 1 is 0.964 bits per heavy atom. The number of aryl methyl sites for hydroxylation is 2. The summed E-state index contributed by atoms with van der Waals surface area (Å²) < 4.78 is 5.60. The van der Waals surface area contributed by atoms with Gasteiger partial charge in [0.2, 0.25) is 0 Å². The van der Waals surface area contributed by atoms with Gasteiger partial charge in [0.1, 0.15) is 5.69 Å². The van der Waals surface area contributed by atoms with Crippen LogP contribution in [0.5, 0.6) is 0 Å². The van der Waals surface area contributed by atoms with E-state index in [-0.39, 0.29) is 5.91 Å². The van der Waals surface area contributed by atoms with Gasteiger partial charge in [-0.15, -0.1) is 0 Å². The first-order valence-corrected chi connectivity index (χ1v) is 9.17. The van der Waals surface area contributed by atoms with Gasteiger partial charge in [-0.05, 0) is 24.3 Å². The maximum Gasteiger partial charge on any atom is 0.275 e. The maximum absolute atomic E-state index is 13.1. The molecule has 0 unspecified atom stereocenters. The van der Waals surface area contributed by atoms with Crippen LogP contribution in [0.15, 0.2) is 61.1 Å².